The summed E-state index contributed by atoms with van der Waals surface area (Å²) in [5, 5.41) is 9.05. The number of carboxylic acid groups (broad SMARTS) is 1. The molecule has 102 valence electrons. The van der Waals surface area contributed by atoms with E-state index in [4.69, 9.17) is 5.11 Å². The summed E-state index contributed by atoms with van der Waals surface area (Å²) >= 11 is 3.39. The van der Waals surface area contributed by atoms with Crippen LogP contribution in [0.15, 0.2) is 28.7 Å². The Balaban J connectivity index is 1.92. The number of carboxylic acids is 1. The van der Waals surface area contributed by atoms with E-state index >= 15 is 0 Å². The van der Waals surface area contributed by atoms with Gasteiger partial charge in [-0.15, -0.1) is 0 Å². The minimum absolute atomic E-state index is 0.0649. The predicted molar refractivity (Wildman–Crippen MR) is 74.8 cm³/mol. The van der Waals surface area contributed by atoms with Crippen molar-refractivity contribution in [3.05, 3.63) is 34.3 Å². The maximum atomic E-state index is 12.1. The fourth-order valence-electron chi connectivity index (χ4n) is 2.41. The molecule has 1 aliphatic heterocycles. The number of aryl methyl sites for hydroxylation is 1. The molecule has 1 aromatic carbocycles. The number of carbonyl (C=O) groups is 2. The quantitative estimate of drug-likeness (QED) is 0.925. The highest BCUT2D eigenvalue weighted by atomic mass is 79.9. The van der Waals surface area contributed by atoms with Crippen molar-refractivity contribution in [2.24, 2.45) is 0 Å². The van der Waals surface area contributed by atoms with Crippen molar-refractivity contribution in [2.75, 3.05) is 6.54 Å². The van der Waals surface area contributed by atoms with Crippen molar-refractivity contribution in [3.8, 4) is 0 Å². The number of aliphatic carboxylic acids is 1. The second kappa shape index (κ2) is 6.19. The molecule has 1 saturated heterocycles. The van der Waals surface area contributed by atoms with Gasteiger partial charge >= 0.3 is 5.97 Å². The number of amides is 1. The summed E-state index contributed by atoms with van der Waals surface area (Å²) < 4.78 is 0.988. The van der Waals surface area contributed by atoms with E-state index in [9.17, 15) is 9.59 Å². The summed E-state index contributed by atoms with van der Waals surface area (Å²) in [7, 11) is 0. The number of likely N-dealkylation sites (tertiary alicyclic amines) is 1. The number of rotatable bonds is 4. The minimum Gasteiger partial charge on any atom is -0.480 e. The Bertz CT molecular complexity index is 489. The molecule has 0 spiro atoms. The van der Waals surface area contributed by atoms with Gasteiger partial charge in [-0.1, -0.05) is 28.1 Å². The molecule has 1 heterocycles. The Morgan fingerprint density at radius 2 is 2.21 bits per heavy atom. The van der Waals surface area contributed by atoms with E-state index in [1.54, 1.807) is 0 Å². The van der Waals surface area contributed by atoms with Crippen molar-refractivity contribution < 1.29 is 14.7 Å². The Labute approximate surface area is 120 Å². The number of hydrogen-bond donors (Lipinski definition) is 1. The van der Waals surface area contributed by atoms with Crippen LogP contribution >= 0.6 is 15.9 Å². The lowest BCUT2D eigenvalue weighted by atomic mass is 10.1. The fourth-order valence-corrected chi connectivity index (χ4v) is 2.86. The van der Waals surface area contributed by atoms with E-state index in [1.165, 1.54) is 4.90 Å². The molecule has 4 nitrogen and oxygen atoms in total. The van der Waals surface area contributed by atoms with Gasteiger partial charge in [0.25, 0.3) is 0 Å². The van der Waals surface area contributed by atoms with Gasteiger partial charge in [0.1, 0.15) is 6.04 Å². The van der Waals surface area contributed by atoms with Crippen molar-refractivity contribution in [1.29, 1.82) is 0 Å². The number of nitrogens with zero attached hydrogens (tertiary/aromatic N) is 1. The van der Waals surface area contributed by atoms with Crippen LogP contribution in [0.1, 0.15) is 24.8 Å². The fraction of sp³-hybridized carbons (Fsp3) is 0.429. The third-order valence-corrected chi connectivity index (χ3v) is 3.87. The predicted octanol–water partition coefficient (Wildman–Crippen LogP) is 2.46. The summed E-state index contributed by atoms with van der Waals surface area (Å²) in [5.41, 5.74) is 1.08. The molecular weight excluding hydrogens is 310 g/mol. The Hall–Kier alpha value is -1.36. The van der Waals surface area contributed by atoms with Crippen LogP contribution in [0, 0.1) is 0 Å². The van der Waals surface area contributed by atoms with Gasteiger partial charge in [0.05, 0.1) is 0 Å². The van der Waals surface area contributed by atoms with E-state index < -0.39 is 12.0 Å². The summed E-state index contributed by atoms with van der Waals surface area (Å²) in [6.45, 7) is 0.564. The minimum atomic E-state index is -0.895. The molecule has 1 N–H and O–H groups in total. The Kier molecular flexibility index (Phi) is 4.58. The smallest absolute Gasteiger partial charge is 0.326 e. The molecule has 0 bridgehead atoms. The molecule has 19 heavy (non-hydrogen) atoms. The molecular formula is C14H16BrNO3. The van der Waals surface area contributed by atoms with Gasteiger partial charge < -0.3 is 10.0 Å². The average Bonchev–Trinajstić information content (AvgIpc) is 2.85. The third kappa shape index (κ3) is 3.56. The van der Waals surface area contributed by atoms with Crippen LogP contribution < -0.4 is 0 Å². The summed E-state index contributed by atoms with van der Waals surface area (Å²) in [6.07, 6.45) is 2.35. The standard InChI is InChI=1S/C14H16BrNO3/c15-11-4-1-3-10(9-11)6-7-13(17)16-8-2-5-12(16)14(18)19/h1,3-4,9,12H,2,5-8H2,(H,18,19)/t12-/m0/s1. The van der Waals surface area contributed by atoms with E-state index in [-0.39, 0.29) is 5.91 Å². The van der Waals surface area contributed by atoms with Gasteiger partial charge in [-0.05, 0) is 37.0 Å². The molecule has 0 unspecified atom stereocenters. The third-order valence-electron chi connectivity index (χ3n) is 3.37. The average molecular weight is 326 g/mol. The molecule has 5 heteroatoms. The first-order valence-corrected chi connectivity index (χ1v) is 7.14. The summed E-state index contributed by atoms with van der Waals surface area (Å²) in [5.74, 6) is -0.960. The van der Waals surface area contributed by atoms with Crippen LogP contribution in [-0.2, 0) is 16.0 Å². The molecule has 0 saturated carbocycles. The van der Waals surface area contributed by atoms with Crippen LogP contribution in [0.25, 0.3) is 0 Å². The highest BCUT2D eigenvalue weighted by molar-refractivity contribution is 9.10. The summed E-state index contributed by atoms with van der Waals surface area (Å²) in [6, 6.07) is 7.18. The van der Waals surface area contributed by atoms with Crippen LogP contribution in [0.2, 0.25) is 0 Å². The lowest BCUT2D eigenvalue weighted by Gasteiger charge is -2.21. The highest BCUT2D eigenvalue weighted by Crippen LogP contribution is 2.19. The second-order valence-electron chi connectivity index (χ2n) is 4.71. The molecule has 0 aliphatic carbocycles. The maximum Gasteiger partial charge on any atom is 0.326 e. The lowest BCUT2D eigenvalue weighted by molar-refractivity contribution is -0.148. The van der Waals surface area contributed by atoms with E-state index in [2.05, 4.69) is 15.9 Å². The first-order chi connectivity index (χ1) is 9.08. The summed E-state index contributed by atoms with van der Waals surface area (Å²) in [4.78, 5) is 24.6. The molecule has 2 rings (SSSR count). The van der Waals surface area contributed by atoms with Crippen molar-refractivity contribution >= 4 is 27.8 Å². The first kappa shape index (κ1) is 14.1. The van der Waals surface area contributed by atoms with Crippen LogP contribution in [0.5, 0.6) is 0 Å². The van der Waals surface area contributed by atoms with Gasteiger partial charge in [-0.2, -0.15) is 0 Å². The Morgan fingerprint density at radius 3 is 2.89 bits per heavy atom. The SMILES string of the molecule is O=C(O)[C@@H]1CCCN1C(=O)CCc1cccc(Br)c1. The molecule has 0 radical (unpaired) electrons. The van der Waals surface area contributed by atoms with Crippen molar-refractivity contribution in [2.45, 2.75) is 31.7 Å². The zero-order valence-corrected chi connectivity index (χ0v) is 12.1. The maximum absolute atomic E-state index is 12.1. The zero-order valence-electron chi connectivity index (χ0n) is 10.5. The molecule has 1 aromatic rings. The number of hydrogen-bond acceptors (Lipinski definition) is 2. The molecule has 1 fully saturated rings. The van der Waals surface area contributed by atoms with E-state index in [0.29, 0.717) is 25.8 Å². The molecule has 1 amide bonds. The van der Waals surface area contributed by atoms with Gasteiger partial charge in [-0.25, -0.2) is 4.79 Å². The van der Waals surface area contributed by atoms with E-state index in [1.807, 2.05) is 24.3 Å². The lowest BCUT2D eigenvalue weighted by Crippen LogP contribution is -2.40. The van der Waals surface area contributed by atoms with Crippen LogP contribution in [0.3, 0.4) is 0 Å². The van der Waals surface area contributed by atoms with Crippen molar-refractivity contribution in [1.82, 2.24) is 4.90 Å². The van der Waals surface area contributed by atoms with Crippen molar-refractivity contribution in [3.63, 3.8) is 0 Å². The molecule has 1 atom stereocenters. The number of carbonyl (C=O) groups excluding carboxylic acids is 1. The molecule has 0 aromatic heterocycles. The van der Waals surface area contributed by atoms with Crippen LogP contribution in [0.4, 0.5) is 0 Å². The largest absolute Gasteiger partial charge is 0.480 e. The van der Waals surface area contributed by atoms with Gasteiger partial charge in [0.15, 0.2) is 0 Å². The number of halogens is 1. The van der Waals surface area contributed by atoms with Gasteiger partial charge in [-0.3, -0.25) is 4.79 Å². The van der Waals surface area contributed by atoms with Gasteiger partial charge in [0, 0.05) is 17.4 Å². The normalized spacial score (nSPS) is 18.6. The molecule has 1 aliphatic rings. The Morgan fingerprint density at radius 1 is 1.42 bits per heavy atom. The number of benzene rings is 1. The zero-order chi connectivity index (χ0) is 13.8. The second-order valence-corrected chi connectivity index (χ2v) is 5.63. The highest BCUT2D eigenvalue weighted by Gasteiger charge is 2.33. The van der Waals surface area contributed by atoms with Gasteiger partial charge in [0.2, 0.25) is 5.91 Å². The van der Waals surface area contributed by atoms with Crippen LogP contribution in [-0.4, -0.2) is 34.5 Å². The topological polar surface area (TPSA) is 57.6 Å². The van der Waals surface area contributed by atoms with E-state index in [0.717, 1.165) is 16.5 Å². The monoisotopic (exact) mass is 325 g/mol. The first-order valence-electron chi connectivity index (χ1n) is 6.34.